The summed E-state index contributed by atoms with van der Waals surface area (Å²) in [4.78, 5) is 16.2. The van der Waals surface area contributed by atoms with E-state index in [0.717, 1.165) is 41.2 Å². The molecule has 5 nitrogen and oxygen atoms in total. The second-order valence-electron chi connectivity index (χ2n) is 7.71. The van der Waals surface area contributed by atoms with E-state index in [-0.39, 0.29) is 0 Å². The summed E-state index contributed by atoms with van der Waals surface area (Å²) in [6, 6.07) is 16.9. The van der Waals surface area contributed by atoms with Crippen LogP contribution in [0.4, 0.5) is 0 Å². The van der Waals surface area contributed by atoms with Gasteiger partial charge in [0.25, 0.3) is 0 Å². The number of fused-ring (bicyclic) bond motifs is 1. The number of rotatable bonds is 4. The van der Waals surface area contributed by atoms with Crippen molar-refractivity contribution in [2.45, 2.75) is 38.8 Å². The fourth-order valence-electron chi connectivity index (χ4n) is 4.29. The van der Waals surface area contributed by atoms with Crippen LogP contribution in [0.25, 0.3) is 22.4 Å². The van der Waals surface area contributed by atoms with E-state index in [1.54, 1.807) is 0 Å². The standard InChI is InChI=1S/C24H24N4O/c1-17-14-20(18-8-3-2-4-9-18)23-24(26-17)29-22(27-23)16-28-13-6-5-11-21(28)19-10-7-12-25-15-19/h2-4,7-10,12,14-15,21H,5-6,11,13,16H2,1H3. The molecule has 0 saturated carbocycles. The maximum Gasteiger partial charge on any atom is 0.247 e. The van der Waals surface area contributed by atoms with Crippen molar-refractivity contribution >= 4 is 11.2 Å². The number of likely N-dealkylation sites (tertiary alicyclic amines) is 1. The average molecular weight is 384 g/mol. The van der Waals surface area contributed by atoms with E-state index in [1.165, 1.54) is 18.4 Å². The van der Waals surface area contributed by atoms with Crippen LogP contribution in [0.2, 0.25) is 0 Å². The highest BCUT2D eigenvalue weighted by atomic mass is 16.4. The van der Waals surface area contributed by atoms with Crippen molar-refractivity contribution in [1.29, 1.82) is 0 Å². The Bertz CT molecular complexity index is 1110. The molecule has 1 aliphatic rings. The topological polar surface area (TPSA) is 55.1 Å². The molecule has 4 heterocycles. The quantitative estimate of drug-likeness (QED) is 0.477. The highest BCUT2D eigenvalue weighted by Crippen LogP contribution is 2.33. The Morgan fingerprint density at radius 1 is 1.07 bits per heavy atom. The van der Waals surface area contributed by atoms with Gasteiger partial charge in [-0.2, -0.15) is 0 Å². The molecule has 1 atom stereocenters. The van der Waals surface area contributed by atoms with Crippen molar-refractivity contribution in [2.24, 2.45) is 0 Å². The van der Waals surface area contributed by atoms with Gasteiger partial charge in [0.15, 0.2) is 0 Å². The minimum Gasteiger partial charge on any atom is -0.421 e. The molecular weight excluding hydrogens is 360 g/mol. The third kappa shape index (κ3) is 3.66. The summed E-state index contributed by atoms with van der Waals surface area (Å²) in [6.45, 7) is 3.72. The molecule has 29 heavy (non-hydrogen) atoms. The maximum atomic E-state index is 6.12. The van der Waals surface area contributed by atoms with Gasteiger partial charge in [-0.1, -0.05) is 42.8 Å². The minimum absolute atomic E-state index is 0.357. The molecule has 4 aromatic rings. The summed E-state index contributed by atoms with van der Waals surface area (Å²) in [5, 5.41) is 0. The first-order valence-corrected chi connectivity index (χ1v) is 10.2. The van der Waals surface area contributed by atoms with Crippen molar-refractivity contribution in [2.75, 3.05) is 6.54 Å². The molecule has 0 bridgehead atoms. The second-order valence-corrected chi connectivity index (χ2v) is 7.71. The van der Waals surface area contributed by atoms with Crippen LogP contribution >= 0.6 is 0 Å². The molecule has 1 unspecified atom stereocenters. The number of pyridine rings is 2. The molecule has 1 aromatic carbocycles. The van der Waals surface area contributed by atoms with E-state index in [1.807, 2.05) is 43.6 Å². The Morgan fingerprint density at radius 3 is 2.79 bits per heavy atom. The molecular formula is C24H24N4O. The van der Waals surface area contributed by atoms with Gasteiger partial charge >= 0.3 is 0 Å². The zero-order valence-electron chi connectivity index (χ0n) is 16.6. The highest BCUT2D eigenvalue weighted by molar-refractivity contribution is 5.89. The van der Waals surface area contributed by atoms with Gasteiger partial charge in [0.05, 0.1) is 6.54 Å². The molecule has 0 aliphatic carbocycles. The van der Waals surface area contributed by atoms with Gasteiger partial charge in [-0.15, -0.1) is 0 Å². The lowest BCUT2D eigenvalue weighted by molar-refractivity contribution is 0.128. The van der Waals surface area contributed by atoms with Crippen LogP contribution < -0.4 is 0 Å². The summed E-state index contributed by atoms with van der Waals surface area (Å²) in [5.74, 6) is 0.728. The molecule has 3 aromatic heterocycles. The molecule has 1 saturated heterocycles. The number of hydrogen-bond donors (Lipinski definition) is 0. The predicted molar refractivity (Wildman–Crippen MR) is 113 cm³/mol. The molecule has 0 spiro atoms. The first-order valence-electron chi connectivity index (χ1n) is 10.2. The molecule has 0 N–H and O–H groups in total. The Hall–Kier alpha value is -3.05. The predicted octanol–water partition coefficient (Wildman–Crippen LogP) is 5.32. The van der Waals surface area contributed by atoms with Gasteiger partial charge in [0, 0.05) is 29.7 Å². The first kappa shape index (κ1) is 18.0. The van der Waals surface area contributed by atoms with Crippen molar-refractivity contribution in [1.82, 2.24) is 19.9 Å². The highest BCUT2D eigenvalue weighted by Gasteiger charge is 2.26. The molecule has 5 heteroatoms. The van der Waals surface area contributed by atoms with Crippen LogP contribution in [0.5, 0.6) is 0 Å². The number of aryl methyl sites for hydroxylation is 1. The van der Waals surface area contributed by atoms with E-state index in [0.29, 0.717) is 18.3 Å². The van der Waals surface area contributed by atoms with E-state index >= 15 is 0 Å². The van der Waals surface area contributed by atoms with Gasteiger partial charge in [-0.3, -0.25) is 9.88 Å². The fourth-order valence-corrected chi connectivity index (χ4v) is 4.29. The van der Waals surface area contributed by atoms with Gasteiger partial charge in [-0.25, -0.2) is 9.97 Å². The van der Waals surface area contributed by atoms with Gasteiger partial charge in [0.2, 0.25) is 11.6 Å². The third-order valence-corrected chi connectivity index (χ3v) is 5.65. The number of hydrogen-bond acceptors (Lipinski definition) is 5. The number of oxazole rings is 1. The van der Waals surface area contributed by atoms with E-state index < -0.39 is 0 Å². The zero-order chi connectivity index (χ0) is 19.6. The molecule has 0 radical (unpaired) electrons. The van der Waals surface area contributed by atoms with Crippen LogP contribution in [0, 0.1) is 6.92 Å². The normalized spacial score (nSPS) is 17.6. The summed E-state index contributed by atoms with van der Waals surface area (Å²) >= 11 is 0. The summed E-state index contributed by atoms with van der Waals surface area (Å²) < 4.78 is 6.12. The van der Waals surface area contributed by atoms with Crippen molar-refractivity contribution in [3.63, 3.8) is 0 Å². The maximum absolute atomic E-state index is 6.12. The molecule has 146 valence electrons. The fraction of sp³-hybridized carbons (Fsp3) is 0.292. The zero-order valence-corrected chi connectivity index (χ0v) is 16.6. The van der Waals surface area contributed by atoms with Crippen LogP contribution in [-0.4, -0.2) is 26.4 Å². The Morgan fingerprint density at radius 2 is 1.97 bits per heavy atom. The third-order valence-electron chi connectivity index (χ3n) is 5.65. The van der Waals surface area contributed by atoms with Crippen molar-refractivity contribution in [3.05, 3.63) is 78.1 Å². The van der Waals surface area contributed by atoms with Crippen LogP contribution in [-0.2, 0) is 6.54 Å². The number of nitrogens with zero attached hydrogens (tertiary/aromatic N) is 4. The number of aromatic nitrogens is 3. The smallest absolute Gasteiger partial charge is 0.247 e. The molecule has 1 aliphatic heterocycles. The number of benzene rings is 1. The van der Waals surface area contributed by atoms with Crippen LogP contribution in [0.1, 0.15) is 42.5 Å². The van der Waals surface area contributed by atoms with E-state index in [4.69, 9.17) is 9.40 Å². The van der Waals surface area contributed by atoms with Gasteiger partial charge in [-0.05, 0) is 49.6 Å². The largest absolute Gasteiger partial charge is 0.421 e. The lowest BCUT2D eigenvalue weighted by Gasteiger charge is -2.34. The molecule has 5 rings (SSSR count). The lowest BCUT2D eigenvalue weighted by Crippen LogP contribution is -2.33. The Labute approximate surface area is 170 Å². The summed E-state index contributed by atoms with van der Waals surface area (Å²) in [5.41, 5.74) is 5.87. The summed E-state index contributed by atoms with van der Waals surface area (Å²) in [7, 11) is 0. The Kier molecular flexibility index (Phi) is 4.82. The van der Waals surface area contributed by atoms with Crippen molar-refractivity contribution < 1.29 is 4.42 Å². The van der Waals surface area contributed by atoms with Gasteiger partial charge < -0.3 is 4.42 Å². The average Bonchev–Trinajstić information content (AvgIpc) is 3.17. The lowest BCUT2D eigenvalue weighted by atomic mass is 9.96. The first-order chi connectivity index (χ1) is 14.3. The van der Waals surface area contributed by atoms with Crippen molar-refractivity contribution in [3.8, 4) is 11.1 Å². The monoisotopic (exact) mass is 384 g/mol. The minimum atomic E-state index is 0.357. The van der Waals surface area contributed by atoms with Gasteiger partial charge in [0.1, 0.15) is 5.52 Å². The van der Waals surface area contributed by atoms with Crippen LogP contribution in [0.15, 0.2) is 65.3 Å². The van der Waals surface area contributed by atoms with E-state index in [9.17, 15) is 0 Å². The van der Waals surface area contributed by atoms with E-state index in [2.05, 4.69) is 39.1 Å². The summed E-state index contributed by atoms with van der Waals surface area (Å²) in [6.07, 6.45) is 7.38. The molecule has 0 amide bonds. The number of piperidine rings is 1. The Balaban J connectivity index is 1.49. The van der Waals surface area contributed by atoms with Crippen LogP contribution in [0.3, 0.4) is 0 Å². The second kappa shape index (κ2) is 7.76. The molecule has 1 fully saturated rings. The SMILES string of the molecule is Cc1cc(-c2ccccc2)c2nc(CN3CCCCC3c3cccnc3)oc2n1.